The summed E-state index contributed by atoms with van der Waals surface area (Å²) in [6.07, 6.45) is -0.721. The van der Waals surface area contributed by atoms with Crippen molar-refractivity contribution in [2.24, 2.45) is 0 Å². The third kappa shape index (κ3) is 3.73. The van der Waals surface area contributed by atoms with Gasteiger partial charge < -0.3 is 9.64 Å². The van der Waals surface area contributed by atoms with Crippen molar-refractivity contribution in [3.8, 4) is 0 Å². The van der Waals surface area contributed by atoms with Crippen LogP contribution in [-0.2, 0) is 22.7 Å². The standard InChI is InChI=1S/C19H26F3NO2S/c1-12-11-18(8-9-23(12)16(24)25-17(2,3)4)7-5-6-13-10-14(19(20,21)22)26-15(13)18/h10,12H,5-9,11H2,1-4H3/t12-,18?/m0/s1. The van der Waals surface area contributed by atoms with Crippen molar-refractivity contribution >= 4 is 17.4 Å². The summed E-state index contributed by atoms with van der Waals surface area (Å²) in [6.45, 7) is 7.99. The predicted octanol–water partition coefficient (Wildman–Crippen LogP) is 5.76. The molecule has 1 aliphatic heterocycles. The molecule has 3 rings (SSSR count). The fraction of sp³-hybridized carbons (Fsp3) is 0.737. The second kappa shape index (κ2) is 6.43. The Balaban J connectivity index is 1.82. The first-order chi connectivity index (χ1) is 11.9. The zero-order valence-corrected chi connectivity index (χ0v) is 16.5. The average molecular weight is 389 g/mol. The molecule has 1 fully saturated rings. The molecule has 1 spiro atoms. The van der Waals surface area contributed by atoms with Gasteiger partial charge in [0.15, 0.2) is 0 Å². The fourth-order valence-electron chi connectivity index (χ4n) is 4.29. The van der Waals surface area contributed by atoms with Gasteiger partial charge in [-0.2, -0.15) is 13.2 Å². The average Bonchev–Trinajstić information content (AvgIpc) is 2.91. The van der Waals surface area contributed by atoms with Gasteiger partial charge >= 0.3 is 12.3 Å². The van der Waals surface area contributed by atoms with Crippen LogP contribution in [0.4, 0.5) is 18.0 Å². The largest absolute Gasteiger partial charge is 0.444 e. The first-order valence-electron chi connectivity index (χ1n) is 9.11. The van der Waals surface area contributed by atoms with Crippen molar-refractivity contribution in [1.82, 2.24) is 4.90 Å². The SMILES string of the molecule is C[C@H]1CC2(CCCc3cc(C(F)(F)F)sc32)CCN1C(=O)OC(C)(C)C. The highest BCUT2D eigenvalue weighted by atomic mass is 32.1. The number of aryl methyl sites for hydroxylation is 1. The van der Waals surface area contributed by atoms with Crippen molar-refractivity contribution in [2.75, 3.05) is 6.54 Å². The number of nitrogens with zero attached hydrogens (tertiary/aromatic N) is 1. The summed E-state index contributed by atoms with van der Waals surface area (Å²) in [4.78, 5) is 14.6. The van der Waals surface area contributed by atoms with Gasteiger partial charge in [0.1, 0.15) is 10.5 Å². The summed E-state index contributed by atoms with van der Waals surface area (Å²) in [5, 5.41) is 0. The molecule has 0 radical (unpaired) electrons. The van der Waals surface area contributed by atoms with E-state index in [9.17, 15) is 18.0 Å². The molecule has 1 amide bonds. The van der Waals surface area contributed by atoms with E-state index in [0.29, 0.717) is 25.8 Å². The van der Waals surface area contributed by atoms with Gasteiger partial charge in [0.2, 0.25) is 0 Å². The Labute approximate surface area is 156 Å². The lowest BCUT2D eigenvalue weighted by atomic mass is 9.67. The number of alkyl halides is 3. The summed E-state index contributed by atoms with van der Waals surface area (Å²) in [5.41, 5.74) is 0.0606. The van der Waals surface area contributed by atoms with Crippen LogP contribution in [0.25, 0.3) is 0 Å². The molecule has 2 atom stereocenters. The number of likely N-dealkylation sites (tertiary alicyclic amines) is 1. The van der Waals surface area contributed by atoms with Crippen molar-refractivity contribution in [2.45, 2.75) is 83.0 Å². The molecule has 0 bridgehead atoms. The zero-order chi connectivity index (χ0) is 19.3. The molecule has 1 aromatic rings. The molecule has 2 heterocycles. The number of hydrogen-bond donors (Lipinski definition) is 0. The Morgan fingerprint density at radius 3 is 2.58 bits per heavy atom. The third-order valence-corrected chi connectivity index (χ3v) is 6.82. The van der Waals surface area contributed by atoms with Crippen LogP contribution >= 0.6 is 11.3 Å². The van der Waals surface area contributed by atoms with E-state index in [0.717, 1.165) is 34.6 Å². The highest BCUT2D eigenvalue weighted by Crippen LogP contribution is 2.51. The molecule has 1 aliphatic carbocycles. The molecule has 3 nitrogen and oxygen atoms in total. The van der Waals surface area contributed by atoms with Crippen LogP contribution in [0.3, 0.4) is 0 Å². The molecule has 2 aliphatic rings. The molecular formula is C19H26F3NO2S. The van der Waals surface area contributed by atoms with E-state index >= 15 is 0 Å². The Morgan fingerprint density at radius 1 is 1.31 bits per heavy atom. The van der Waals surface area contributed by atoms with Crippen LogP contribution in [0.15, 0.2) is 6.07 Å². The number of fused-ring (bicyclic) bond motifs is 2. The molecule has 1 unspecified atom stereocenters. The summed E-state index contributed by atoms with van der Waals surface area (Å²) < 4.78 is 45.0. The van der Waals surface area contributed by atoms with Crippen LogP contribution in [0, 0.1) is 0 Å². The van der Waals surface area contributed by atoms with E-state index in [1.165, 1.54) is 6.07 Å². The van der Waals surface area contributed by atoms with Crippen LogP contribution in [-0.4, -0.2) is 29.2 Å². The van der Waals surface area contributed by atoms with Crippen molar-refractivity contribution in [1.29, 1.82) is 0 Å². The lowest BCUT2D eigenvalue weighted by Gasteiger charge is -2.47. The van der Waals surface area contributed by atoms with E-state index in [1.54, 1.807) is 4.90 Å². The van der Waals surface area contributed by atoms with Crippen LogP contribution in [0.2, 0.25) is 0 Å². The van der Waals surface area contributed by atoms with Gasteiger partial charge in [0, 0.05) is 22.9 Å². The number of carbonyl (C=O) groups excluding carboxylic acids is 1. The number of thiophene rings is 1. The molecule has 146 valence electrons. The molecule has 0 N–H and O–H groups in total. The van der Waals surface area contributed by atoms with E-state index in [4.69, 9.17) is 4.74 Å². The van der Waals surface area contributed by atoms with Gasteiger partial charge in [0.05, 0.1) is 0 Å². The lowest BCUT2D eigenvalue weighted by molar-refractivity contribution is -0.134. The normalized spacial score (nSPS) is 26.7. The Bertz CT molecular complexity index is 692. The van der Waals surface area contributed by atoms with Crippen LogP contribution < -0.4 is 0 Å². The van der Waals surface area contributed by atoms with Gasteiger partial charge in [-0.05, 0) is 71.4 Å². The first-order valence-corrected chi connectivity index (χ1v) is 9.93. The monoisotopic (exact) mass is 389 g/mol. The minimum absolute atomic E-state index is 0.0546. The number of amides is 1. The second-order valence-corrected chi connectivity index (χ2v) is 9.63. The summed E-state index contributed by atoms with van der Waals surface area (Å²) in [5.74, 6) is 0. The Hall–Kier alpha value is -1.24. The highest BCUT2D eigenvalue weighted by Gasteiger charge is 2.46. The second-order valence-electron chi connectivity index (χ2n) is 8.57. The maximum absolute atomic E-state index is 13.2. The predicted molar refractivity (Wildman–Crippen MR) is 95.6 cm³/mol. The quantitative estimate of drug-likeness (QED) is 0.564. The third-order valence-electron chi connectivity index (χ3n) is 5.35. The van der Waals surface area contributed by atoms with E-state index in [1.807, 2.05) is 27.7 Å². The zero-order valence-electron chi connectivity index (χ0n) is 15.7. The fourth-order valence-corrected chi connectivity index (χ4v) is 5.62. The van der Waals surface area contributed by atoms with E-state index in [-0.39, 0.29) is 17.6 Å². The first kappa shape index (κ1) is 19.5. The smallest absolute Gasteiger partial charge is 0.425 e. The van der Waals surface area contributed by atoms with Gasteiger partial charge in [-0.1, -0.05) is 0 Å². The molecule has 1 saturated heterocycles. The van der Waals surface area contributed by atoms with Gasteiger partial charge in [-0.3, -0.25) is 0 Å². The molecule has 26 heavy (non-hydrogen) atoms. The Kier molecular flexibility index (Phi) is 4.83. The number of hydrogen-bond acceptors (Lipinski definition) is 3. The van der Waals surface area contributed by atoms with Gasteiger partial charge in [-0.25, -0.2) is 4.79 Å². The molecule has 1 aromatic heterocycles. The number of halogens is 3. The topological polar surface area (TPSA) is 29.5 Å². The molecule has 0 saturated carbocycles. The number of carbonyl (C=O) groups is 1. The molecule has 0 aromatic carbocycles. The van der Waals surface area contributed by atoms with Crippen LogP contribution in [0.5, 0.6) is 0 Å². The minimum Gasteiger partial charge on any atom is -0.444 e. The highest BCUT2D eigenvalue weighted by molar-refractivity contribution is 7.12. The van der Waals surface area contributed by atoms with Crippen molar-refractivity contribution in [3.63, 3.8) is 0 Å². The van der Waals surface area contributed by atoms with Crippen LogP contribution in [0.1, 0.15) is 68.7 Å². The lowest BCUT2D eigenvalue weighted by Crippen LogP contribution is -2.52. The molecular weight excluding hydrogens is 363 g/mol. The summed E-state index contributed by atoms with van der Waals surface area (Å²) in [6, 6.07) is 1.28. The molecule has 7 heteroatoms. The van der Waals surface area contributed by atoms with Crippen molar-refractivity contribution in [3.05, 3.63) is 21.4 Å². The Morgan fingerprint density at radius 2 is 2.00 bits per heavy atom. The number of piperidine rings is 1. The minimum atomic E-state index is -4.29. The maximum Gasteiger partial charge on any atom is 0.425 e. The van der Waals surface area contributed by atoms with E-state index in [2.05, 4.69) is 0 Å². The van der Waals surface area contributed by atoms with E-state index < -0.39 is 16.7 Å². The van der Waals surface area contributed by atoms with Gasteiger partial charge in [-0.15, -0.1) is 11.3 Å². The summed E-state index contributed by atoms with van der Waals surface area (Å²) in [7, 11) is 0. The number of rotatable bonds is 0. The maximum atomic E-state index is 13.2. The van der Waals surface area contributed by atoms with Gasteiger partial charge in [0.25, 0.3) is 0 Å². The summed E-state index contributed by atoms with van der Waals surface area (Å²) >= 11 is 0.910. The number of ether oxygens (including phenoxy) is 1. The van der Waals surface area contributed by atoms with Crippen molar-refractivity contribution < 1.29 is 22.7 Å².